The van der Waals surface area contributed by atoms with E-state index in [0.717, 1.165) is 5.69 Å². The van der Waals surface area contributed by atoms with Gasteiger partial charge >= 0.3 is 6.16 Å². The summed E-state index contributed by atoms with van der Waals surface area (Å²) in [5.74, 6) is 0. The summed E-state index contributed by atoms with van der Waals surface area (Å²) < 4.78 is 0. The molecule has 0 fully saturated rings. The van der Waals surface area contributed by atoms with Crippen molar-refractivity contribution in [3.8, 4) is 0 Å². The van der Waals surface area contributed by atoms with E-state index in [2.05, 4.69) is 9.97 Å². The van der Waals surface area contributed by atoms with Crippen LogP contribution in [0.25, 0.3) is 0 Å². The van der Waals surface area contributed by atoms with Gasteiger partial charge in [-0.2, -0.15) is 0 Å². The zero-order valence-electron chi connectivity index (χ0n) is 5.93. The normalized spacial score (nSPS) is 7.73. The van der Waals surface area contributed by atoms with E-state index < -0.39 is 6.16 Å². The first-order valence-corrected chi connectivity index (χ1v) is 2.77. The minimum atomic E-state index is -1.83. The second kappa shape index (κ2) is 5.16. The van der Waals surface area contributed by atoms with Gasteiger partial charge in [0, 0.05) is 18.6 Å². The maximum atomic E-state index is 8.56. The highest BCUT2D eigenvalue weighted by atomic mass is 16.6. The second-order valence-electron chi connectivity index (χ2n) is 1.63. The molecule has 11 heavy (non-hydrogen) atoms. The molecule has 0 spiro atoms. The van der Waals surface area contributed by atoms with Gasteiger partial charge in [-0.05, 0) is 6.92 Å². The van der Waals surface area contributed by atoms with Crippen LogP contribution in [0, 0.1) is 6.92 Å². The highest BCUT2D eigenvalue weighted by molar-refractivity contribution is 5.53. The van der Waals surface area contributed by atoms with Crippen LogP contribution >= 0.6 is 0 Å². The van der Waals surface area contributed by atoms with Crippen LogP contribution < -0.4 is 0 Å². The first-order chi connectivity index (χ1) is 5.13. The molecule has 1 rings (SSSR count). The van der Waals surface area contributed by atoms with Crippen LogP contribution in [-0.2, 0) is 0 Å². The van der Waals surface area contributed by atoms with Gasteiger partial charge in [0.2, 0.25) is 0 Å². The molecule has 0 bridgehead atoms. The van der Waals surface area contributed by atoms with E-state index >= 15 is 0 Å². The molecule has 0 aliphatic carbocycles. The van der Waals surface area contributed by atoms with Crippen LogP contribution in [0.1, 0.15) is 5.69 Å². The monoisotopic (exact) mass is 156 g/mol. The number of hydrogen-bond acceptors (Lipinski definition) is 3. The zero-order valence-corrected chi connectivity index (χ0v) is 5.93. The fraction of sp³-hybridized carbons (Fsp3) is 0.167. The molecule has 0 radical (unpaired) electrons. The molecule has 1 heterocycles. The summed E-state index contributed by atoms with van der Waals surface area (Å²) in [5, 5.41) is 13.9. The van der Waals surface area contributed by atoms with Crippen LogP contribution in [-0.4, -0.2) is 26.3 Å². The zero-order chi connectivity index (χ0) is 8.69. The van der Waals surface area contributed by atoms with Gasteiger partial charge < -0.3 is 10.2 Å². The highest BCUT2D eigenvalue weighted by Gasteiger charge is 1.74. The maximum Gasteiger partial charge on any atom is 0.503 e. The Morgan fingerprint density at radius 2 is 2.00 bits per heavy atom. The third-order valence-corrected chi connectivity index (χ3v) is 0.692. The van der Waals surface area contributed by atoms with Crippen molar-refractivity contribution in [2.75, 3.05) is 0 Å². The lowest BCUT2D eigenvalue weighted by atomic mass is 10.5. The number of aryl methyl sites for hydroxylation is 1. The molecule has 0 amide bonds. The van der Waals surface area contributed by atoms with Crippen molar-refractivity contribution in [1.29, 1.82) is 0 Å². The summed E-state index contributed by atoms with van der Waals surface area (Å²) in [7, 11) is 0. The summed E-state index contributed by atoms with van der Waals surface area (Å²) in [6.45, 7) is 1.91. The van der Waals surface area contributed by atoms with Crippen molar-refractivity contribution in [1.82, 2.24) is 9.97 Å². The van der Waals surface area contributed by atoms with E-state index in [9.17, 15) is 0 Å². The lowest BCUT2D eigenvalue weighted by molar-refractivity contribution is 0.137. The van der Waals surface area contributed by atoms with E-state index in [1.54, 1.807) is 18.6 Å². The van der Waals surface area contributed by atoms with Crippen molar-refractivity contribution in [2.24, 2.45) is 0 Å². The first-order valence-electron chi connectivity index (χ1n) is 2.77. The molecule has 2 N–H and O–H groups in total. The SMILES string of the molecule is Cc1cnccn1.O=C(O)O. The van der Waals surface area contributed by atoms with Gasteiger partial charge in [-0.3, -0.25) is 9.97 Å². The van der Waals surface area contributed by atoms with Crippen LogP contribution in [0.4, 0.5) is 4.79 Å². The molecular formula is C6H8N2O3. The molecule has 0 saturated carbocycles. The summed E-state index contributed by atoms with van der Waals surface area (Å²) >= 11 is 0. The molecule has 0 saturated heterocycles. The Bertz CT molecular complexity index is 208. The molecule has 0 aliphatic heterocycles. The Morgan fingerprint density at radius 1 is 1.45 bits per heavy atom. The number of rotatable bonds is 0. The van der Waals surface area contributed by atoms with E-state index in [1.165, 1.54) is 0 Å². The number of carboxylic acid groups (broad SMARTS) is 2. The Labute approximate surface area is 63.4 Å². The summed E-state index contributed by atoms with van der Waals surface area (Å²) in [5.41, 5.74) is 0.961. The van der Waals surface area contributed by atoms with Crippen molar-refractivity contribution in [3.63, 3.8) is 0 Å². The lowest BCUT2D eigenvalue weighted by Crippen LogP contribution is -1.81. The Kier molecular flexibility index (Phi) is 4.39. The van der Waals surface area contributed by atoms with Gasteiger partial charge in [0.1, 0.15) is 0 Å². The van der Waals surface area contributed by atoms with E-state index in [0.29, 0.717) is 0 Å². The molecule has 1 aromatic heterocycles. The standard InChI is InChI=1S/C5H6N2.CH2O3/c1-5-4-6-2-3-7-5;2-1(3)4/h2-4H,1H3;(H2,2,3,4). The van der Waals surface area contributed by atoms with Crippen LogP contribution in [0.5, 0.6) is 0 Å². The molecule has 0 unspecified atom stereocenters. The molecule has 60 valence electrons. The molecule has 0 atom stereocenters. The van der Waals surface area contributed by atoms with Crippen molar-refractivity contribution in [2.45, 2.75) is 6.92 Å². The van der Waals surface area contributed by atoms with Gasteiger partial charge in [0.05, 0.1) is 5.69 Å². The van der Waals surface area contributed by atoms with Gasteiger partial charge in [0.25, 0.3) is 0 Å². The predicted octanol–water partition coefficient (Wildman–Crippen LogP) is 1.01. The molecule has 0 aromatic carbocycles. The van der Waals surface area contributed by atoms with Gasteiger partial charge in [0.15, 0.2) is 0 Å². The number of carbonyl (C=O) groups is 1. The van der Waals surface area contributed by atoms with E-state index in [4.69, 9.17) is 15.0 Å². The Morgan fingerprint density at radius 3 is 2.18 bits per heavy atom. The number of aromatic nitrogens is 2. The van der Waals surface area contributed by atoms with Gasteiger partial charge in [-0.15, -0.1) is 0 Å². The van der Waals surface area contributed by atoms with Crippen LogP contribution in [0.15, 0.2) is 18.6 Å². The lowest BCUT2D eigenvalue weighted by Gasteiger charge is -1.81. The molecule has 0 aliphatic rings. The summed E-state index contributed by atoms with van der Waals surface area (Å²) in [6, 6.07) is 0. The summed E-state index contributed by atoms with van der Waals surface area (Å²) in [6.07, 6.45) is 3.22. The smallest absolute Gasteiger partial charge is 0.450 e. The van der Waals surface area contributed by atoms with Crippen molar-refractivity contribution < 1.29 is 15.0 Å². The average Bonchev–Trinajstić information content (AvgIpc) is 1.87. The highest BCUT2D eigenvalue weighted by Crippen LogP contribution is 1.81. The Hall–Kier alpha value is -1.65. The number of hydrogen-bond donors (Lipinski definition) is 2. The molecular weight excluding hydrogens is 148 g/mol. The fourth-order valence-electron chi connectivity index (χ4n) is 0.374. The Balaban J connectivity index is 0.000000218. The van der Waals surface area contributed by atoms with Crippen LogP contribution in [0.3, 0.4) is 0 Å². The molecule has 1 aromatic rings. The largest absolute Gasteiger partial charge is 0.503 e. The third kappa shape index (κ3) is 8.35. The second-order valence-corrected chi connectivity index (χ2v) is 1.63. The fourth-order valence-corrected chi connectivity index (χ4v) is 0.374. The molecule has 5 nitrogen and oxygen atoms in total. The minimum Gasteiger partial charge on any atom is -0.450 e. The predicted molar refractivity (Wildman–Crippen MR) is 37.4 cm³/mol. The number of nitrogens with zero attached hydrogens (tertiary/aromatic N) is 2. The first kappa shape index (κ1) is 9.35. The minimum absolute atomic E-state index is 0.961. The quantitative estimate of drug-likeness (QED) is 0.585. The maximum absolute atomic E-state index is 8.56. The van der Waals surface area contributed by atoms with Gasteiger partial charge in [-0.1, -0.05) is 0 Å². The average molecular weight is 156 g/mol. The van der Waals surface area contributed by atoms with Crippen LogP contribution in [0.2, 0.25) is 0 Å². The van der Waals surface area contributed by atoms with Crippen molar-refractivity contribution >= 4 is 6.16 Å². The van der Waals surface area contributed by atoms with E-state index in [1.807, 2.05) is 6.92 Å². The van der Waals surface area contributed by atoms with Gasteiger partial charge in [-0.25, -0.2) is 4.79 Å². The molecule has 5 heteroatoms. The topological polar surface area (TPSA) is 83.3 Å². The van der Waals surface area contributed by atoms with Crippen molar-refractivity contribution in [3.05, 3.63) is 24.3 Å². The summed E-state index contributed by atoms with van der Waals surface area (Å²) in [4.78, 5) is 16.3. The van der Waals surface area contributed by atoms with E-state index in [-0.39, 0.29) is 0 Å². The third-order valence-electron chi connectivity index (χ3n) is 0.692.